The van der Waals surface area contributed by atoms with E-state index in [0.29, 0.717) is 11.5 Å². The van der Waals surface area contributed by atoms with E-state index in [1.807, 2.05) is 24.4 Å². The summed E-state index contributed by atoms with van der Waals surface area (Å²) in [7, 11) is 0. The third kappa shape index (κ3) is 8.86. The van der Waals surface area contributed by atoms with Gasteiger partial charge in [-0.25, -0.2) is 0 Å². The normalized spacial score (nSPS) is 13.4. The minimum Gasteiger partial charge on any atom is -0.503 e. The van der Waals surface area contributed by atoms with Crippen LogP contribution >= 0.6 is 11.3 Å². The molecule has 9 aromatic rings. The second-order valence-corrected chi connectivity index (χ2v) is 23.0. The fraction of sp³-hybridized carbons (Fsp3) is 0.250. The Bertz CT molecular complexity index is 3280. The first kappa shape index (κ1) is 48.9. The zero-order chi connectivity index (χ0) is 48.6. The van der Waals surface area contributed by atoms with Gasteiger partial charge < -0.3 is 9.64 Å². The number of hydrogen-bond acceptors (Lipinski definition) is 5. The number of nitrogens with zero attached hydrogens (tertiary/aromatic N) is 3. The molecule has 0 saturated heterocycles. The predicted octanol–water partition coefficient (Wildman–Crippen LogP) is 17.4. The second kappa shape index (κ2) is 18.2. The van der Waals surface area contributed by atoms with Gasteiger partial charge in [0.2, 0.25) is 0 Å². The van der Waals surface area contributed by atoms with E-state index in [0.717, 1.165) is 65.8 Å². The fourth-order valence-corrected chi connectivity index (χ4v) is 11.2. The molecule has 3 heterocycles. The van der Waals surface area contributed by atoms with Gasteiger partial charge in [-0.1, -0.05) is 152 Å². The Balaban J connectivity index is 0.00000608. The summed E-state index contributed by atoms with van der Waals surface area (Å²) < 4.78 is 8.22. The fourth-order valence-electron chi connectivity index (χ4n) is 10.3. The summed E-state index contributed by atoms with van der Waals surface area (Å²) in [5, 5.41) is 0.898. The van der Waals surface area contributed by atoms with E-state index in [1.165, 1.54) is 38.9 Å². The van der Waals surface area contributed by atoms with Gasteiger partial charge in [-0.15, -0.1) is 29.3 Å². The number of fused-ring (bicyclic) bond motifs is 3. The van der Waals surface area contributed by atoms with E-state index in [2.05, 4.69) is 228 Å². The molecule has 10 rings (SSSR count). The maximum Gasteiger partial charge on any atom is 2.00 e. The minimum atomic E-state index is -0.913. The van der Waals surface area contributed by atoms with Crippen LogP contribution in [0.1, 0.15) is 118 Å². The third-order valence-corrected chi connectivity index (χ3v) is 14.9. The molecule has 1 aliphatic heterocycles. The summed E-state index contributed by atoms with van der Waals surface area (Å²) in [6.07, 6.45) is 1.93. The Morgan fingerprint density at radius 2 is 1.17 bits per heavy atom. The Hall–Kier alpha value is -6.13. The molecule has 0 saturated carbocycles. The summed E-state index contributed by atoms with van der Waals surface area (Å²) >= 11 is 1.67. The molecule has 0 amide bonds. The molecule has 0 bridgehead atoms. The second-order valence-electron chi connectivity index (χ2n) is 22.0. The molecule has 2 aromatic heterocycles. The molecule has 0 spiro atoms. The molecule has 0 aliphatic carbocycles. The Morgan fingerprint density at radius 1 is 0.571 bits per heavy atom. The molecular formula is C64H61N3OPtS. The smallest absolute Gasteiger partial charge is 0.503 e. The van der Waals surface area contributed by atoms with Crippen molar-refractivity contribution in [2.45, 2.75) is 105 Å². The van der Waals surface area contributed by atoms with Gasteiger partial charge in [0.15, 0.2) is 0 Å². The van der Waals surface area contributed by atoms with Crippen LogP contribution in [0.15, 0.2) is 152 Å². The number of aromatic nitrogens is 2. The predicted molar refractivity (Wildman–Crippen MR) is 289 cm³/mol. The Labute approximate surface area is 434 Å². The standard InChI is InChI=1S/C64H61N3OS.Pt/c1-40-32-41(2)59(42(3)33-40)43-34-44(60-66-54-20-13-14-21-57(54)69-60)36-51(35-43)68-50-19-17-18-48(37-50)64(58-22-15-16-31-65-58)52-38-46(62(7,8)9)25-29-55(52)67(49-27-23-45(24-28-49)61(4,5)6)56-30-26-47(39-53(56)64)63(10,11)12;/h13-35,38-39H,1-12H3;/q-2;+2. The first-order valence-corrected chi connectivity index (χ1v) is 24.9. The average Bonchev–Trinajstić information content (AvgIpc) is 3.75. The number of pyridine rings is 1. The molecule has 0 radical (unpaired) electrons. The summed E-state index contributed by atoms with van der Waals surface area (Å²) in [5.41, 5.74) is 17.8. The maximum atomic E-state index is 7.09. The van der Waals surface area contributed by atoms with Gasteiger partial charge in [-0.05, 0) is 130 Å². The first-order valence-electron chi connectivity index (χ1n) is 24.1. The summed E-state index contributed by atoms with van der Waals surface area (Å²) in [4.78, 5) is 12.9. The number of rotatable bonds is 7. The van der Waals surface area contributed by atoms with Crippen molar-refractivity contribution in [2.75, 3.05) is 4.90 Å². The number of thiazole rings is 1. The first-order chi connectivity index (χ1) is 32.8. The van der Waals surface area contributed by atoms with Crippen LogP contribution in [0.25, 0.3) is 31.9 Å². The average molecular weight is 1120 g/mol. The zero-order valence-electron chi connectivity index (χ0n) is 42.4. The van der Waals surface area contributed by atoms with Crippen molar-refractivity contribution < 1.29 is 25.8 Å². The summed E-state index contributed by atoms with van der Waals surface area (Å²) in [6.45, 7) is 27.1. The SMILES string of the molecule is Cc1cc(C)c(-c2cc(Oc3[c-]c(C4(c5ccccn5)c5cc(C(C)(C)C)ccc5N(c5ccc(C(C)(C)C)cc5)c5ccc(C(C)(C)C)cc54)ccc3)[c-]c(-c3nc4ccccc4s3)c2)c(C)c1.[Pt+2]. The third-order valence-electron chi connectivity index (χ3n) is 13.8. The van der Waals surface area contributed by atoms with Crippen LogP contribution in [0.4, 0.5) is 17.1 Å². The van der Waals surface area contributed by atoms with Gasteiger partial charge in [0.25, 0.3) is 0 Å². The van der Waals surface area contributed by atoms with Gasteiger partial charge in [-0.3, -0.25) is 9.97 Å². The number of hydrogen-bond donors (Lipinski definition) is 0. The number of para-hydroxylation sites is 1. The molecule has 70 heavy (non-hydrogen) atoms. The van der Waals surface area contributed by atoms with Crippen LogP contribution in [-0.4, -0.2) is 9.97 Å². The number of ether oxygens (including phenoxy) is 1. The van der Waals surface area contributed by atoms with Gasteiger partial charge in [0.05, 0.1) is 28.0 Å². The molecule has 7 aromatic carbocycles. The Morgan fingerprint density at radius 3 is 1.76 bits per heavy atom. The topological polar surface area (TPSA) is 38.2 Å². The molecule has 4 nitrogen and oxygen atoms in total. The van der Waals surface area contributed by atoms with E-state index >= 15 is 0 Å². The number of benzene rings is 7. The van der Waals surface area contributed by atoms with Crippen molar-refractivity contribution in [1.29, 1.82) is 0 Å². The maximum absolute atomic E-state index is 7.09. The van der Waals surface area contributed by atoms with Crippen molar-refractivity contribution in [2.24, 2.45) is 0 Å². The van der Waals surface area contributed by atoms with Crippen molar-refractivity contribution in [3.8, 4) is 33.2 Å². The van der Waals surface area contributed by atoms with Crippen LogP contribution in [0, 0.1) is 32.9 Å². The van der Waals surface area contributed by atoms with Crippen molar-refractivity contribution >= 4 is 38.6 Å². The molecule has 6 heteroatoms. The number of anilines is 3. The Kier molecular flexibility index (Phi) is 12.7. The van der Waals surface area contributed by atoms with Crippen molar-refractivity contribution in [1.82, 2.24) is 9.97 Å². The van der Waals surface area contributed by atoms with Crippen LogP contribution in [0.5, 0.6) is 11.5 Å². The van der Waals surface area contributed by atoms with Crippen LogP contribution in [-0.2, 0) is 42.7 Å². The van der Waals surface area contributed by atoms with E-state index in [-0.39, 0.29) is 37.3 Å². The monoisotopic (exact) mass is 1110 g/mol. The minimum absolute atomic E-state index is 0. The zero-order valence-corrected chi connectivity index (χ0v) is 45.5. The van der Waals surface area contributed by atoms with Crippen LogP contribution < -0.4 is 9.64 Å². The molecule has 0 N–H and O–H groups in total. The van der Waals surface area contributed by atoms with E-state index in [9.17, 15) is 0 Å². The van der Waals surface area contributed by atoms with E-state index < -0.39 is 5.41 Å². The van der Waals surface area contributed by atoms with Gasteiger partial charge in [0, 0.05) is 33.1 Å². The molecule has 0 fully saturated rings. The molecular weight excluding hydrogens is 1050 g/mol. The quantitative estimate of drug-likeness (QED) is 0.149. The van der Waals surface area contributed by atoms with E-state index in [1.54, 1.807) is 11.3 Å². The van der Waals surface area contributed by atoms with Crippen LogP contribution in [0.3, 0.4) is 0 Å². The van der Waals surface area contributed by atoms with E-state index in [4.69, 9.17) is 14.7 Å². The molecule has 1 aliphatic rings. The summed E-state index contributed by atoms with van der Waals surface area (Å²) in [6, 6.07) is 60.7. The van der Waals surface area contributed by atoms with Gasteiger partial charge in [-0.2, -0.15) is 23.5 Å². The van der Waals surface area contributed by atoms with Crippen LogP contribution in [0.2, 0.25) is 0 Å². The molecule has 354 valence electrons. The molecule has 0 unspecified atom stereocenters. The molecule has 0 atom stereocenters. The number of aryl methyl sites for hydroxylation is 3. The van der Waals surface area contributed by atoms with Crippen molar-refractivity contribution in [3.63, 3.8) is 0 Å². The summed E-state index contributed by atoms with van der Waals surface area (Å²) in [5.74, 6) is 1.19. The van der Waals surface area contributed by atoms with Gasteiger partial charge in [0.1, 0.15) is 0 Å². The largest absolute Gasteiger partial charge is 2.00 e. The van der Waals surface area contributed by atoms with Gasteiger partial charge >= 0.3 is 21.1 Å². The van der Waals surface area contributed by atoms with Crippen molar-refractivity contribution in [3.05, 3.63) is 220 Å².